The van der Waals surface area contributed by atoms with E-state index in [0.717, 1.165) is 98.9 Å². The predicted octanol–water partition coefficient (Wildman–Crippen LogP) is 23.9. The molecule has 5 atom stereocenters. The molecular weight excluding hydrogens is 1260 g/mol. The zero-order valence-corrected chi connectivity index (χ0v) is 59.5. The van der Waals surface area contributed by atoms with Gasteiger partial charge in [-0.2, -0.15) is 0 Å². The van der Waals surface area contributed by atoms with E-state index >= 15 is 0 Å². The minimum Gasteiger partial charge on any atom is -0.294 e. The Bertz CT molecular complexity index is 5720. The number of hydrogen-bond acceptors (Lipinski definition) is 5. The lowest BCUT2D eigenvalue weighted by atomic mass is 9.89. The Labute approximate surface area is 604 Å². The van der Waals surface area contributed by atoms with Gasteiger partial charge in [-0.25, -0.2) is 0 Å². The number of carbonyl (C=O) groups excluding carboxylic acids is 5. The number of aryl methyl sites for hydroxylation is 2. The van der Waals surface area contributed by atoms with Gasteiger partial charge in [-0.05, 0) is 196 Å². The van der Waals surface area contributed by atoms with Crippen LogP contribution in [0.25, 0.3) is 98.7 Å². The molecule has 0 heterocycles. The Balaban J connectivity index is 0.000000104. The largest absolute Gasteiger partial charge is 0.294 e. The first kappa shape index (κ1) is 67.3. The minimum absolute atomic E-state index is 0.103. The standard InChI is InChI=1S/2C21H18O.2C20H16O.C16H14O/c1-13-10-11-18(17-8-4-3-7-16(13)17)19-9-5-6-15-12-14(2)21(22)20(15)19;1-13-10-11-15-6-3-4-8-17(15)19(13)18-9-5-7-16-12-14(2)21(22)20(16)18;1-13-12-15-8-5-11-18(19(15)20(13)21)17-10-4-7-14-6-2-3-9-16(14)17;1-13-10-18-9-8-17(12-19(18)20(13)21)16-7-6-14-4-2-3-5-15(14)11-16;1-11-10-13-8-5-9-14(15(13)16(11)17)12-6-3-2-4-7-12/h2*3-11,14H,12H2,1-2H3;2-11,13H,12H2,1H3;2-9,11-13H,10H2,1H3;2-9,11H,10H2,1H3. The van der Waals surface area contributed by atoms with E-state index in [9.17, 15) is 24.0 Å². The highest BCUT2D eigenvalue weighted by Crippen LogP contribution is 2.43. The van der Waals surface area contributed by atoms with Crippen LogP contribution in [-0.4, -0.2) is 28.9 Å². The quantitative estimate of drug-likeness (QED) is 0.171. The van der Waals surface area contributed by atoms with Crippen molar-refractivity contribution in [3.8, 4) is 55.6 Å². The average molecular weight is 1340 g/mol. The molecule has 0 fully saturated rings. The van der Waals surface area contributed by atoms with Crippen molar-refractivity contribution < 1.29 is 24.0 Å². The highest BCUT2D eigenvalue weighted by molar-refractivity contribution is 6.14. The van der Waals surface area contributed by atoms with Crippen LogP contribution in [0, 0.1) is 43.4 Å². The van der Waals surface area contributed by atoms with Crippen molar-refractivity contribution in [1.82, 2.24) is 0 Å². The normalized spacial score (nSPS) is 17.3. The Hall–Kier alpha value is -11.5. The van der Waals surface area contributed by atoms with Gasteiger partial charge in [0.2, 0.25) is 0 Å². The summed E-state index contributed by atoms with van der Waals surface area (Å²) in [4.78, 5) is 62.1. The van der Waals surface area contributed by atoms with Crippen LogP contribution >= 0.6 is 0 Å². The van der Waals surface area contributed by atoms with Gasteiger partial charge in [-0.15, -0.1) is 0 Å². The minimum atomic E-state index is 0.103. The van der Waals surface area contributed by atoms with Gasteiger partial charge in [0.25, 0.3) is 0 Å². The van der Waals surface area contributed by atoms with E-state index < -0.39 is 0 Å². The Morgan fingerprint density at radius 3 is 1.18 bits per heavy atom. The van der Waals surface area contributed by atoms with Crippen molar-refractivity contribution in [2.45, 2.75) is 80.6 Å². The molecule has 103 heavy (non-hydrogen) atoms. The summed E-state index contributed by atoms with van der Waals surface area (Å²) in [5.41, 5.74) is 24.4. The van der Waals surface area contributed by atoms with Gasteiger partial charge >= 0.3 is 0 Å². The zero-order chi connectivity index (χ0) is 71.2. The van der Waals surface area contributed by atoms with E-state index in [2.05, 4.69) is 263 Å². The molecule has 504 valence electrons. The van der Waals surface area contributed by atoms with E-state index in [1.165, 1.54) is 98.7 Å². The van der Waals surface area contributed by atoms with Crippen molar-refractivity contribution in [2.24, 2.45) is 29.6 Å². The molecule has 0 spiro atoms. The second-order valence-electron chi connectivity index (χ2n) is 29.0. The third-order valence-corrected chi connectivity index (χ3v) is 21.9. The monoisotopic (exact) mass is 1340 g/mol. The average Bonchev–Trinajstić information content (AvgIpc) is 1.77. The van der Waals surface area contributed by atoms with Gasteiger partial charge in [0.15, 0.2) is 28.9 Å². The molecule has 0 aliphatic heterocycles. The van der Waals surface area contributed by atoms with Crippen molar-refractivity contribution in [3.05, 3.63) is 346 Å². The SMILES string of the molecule is CC1Cc2ccc(-c3ccc4ccccc4c3)cc2C1=O.CC1Cc2cccc(-c3cccc4ccccc34)c2C1=O.CC1Cc2cccc(-c3ccccc3)c2C1=O.Cc1ccc(-c2cccc3c2C(=O)C(C)C3)c2ccccc12.Cc1ccc2ccccc2c1-c1cccc2c1C(=O)C(C)C2. The topological polar surface area (TPSA) is 85.3 Å². The second-order valence-corrected chi connectivity index (χ2v) is 29.0. The molecule has 5 heteroatoms. The summed E-state index contributed by atoms with van der Waals surface area (Å²) in [6.45, 7) is 14.4. The molecule has 14 aromatic carbocycles. The molecule has 19 rings (SSSR count). The van der Waals surface area contributed by atoms with Crippen LogP contribution in [0.15, 0.2) is 279 Å². The summed E-state index contributed by atoms with van der Waals surface area (Å²) in [6, 6.07) is 96.4. The van der Waals surface area contributed by atoms with Crippen LogP contribution < -0.4 is 0 Å². The lowest BCUT2D eigenvalue weighted by Crippen LogP contribution is -2.05. The summed E-state index contributed by atoms with van der Waals surface area (Å²) < 4.78 is 0. The molecule has 0 radical (unpaired) electrons. The molecule has 0 amide bonds. The molecule has 14 aromatic rings. The van der Waals surface area contributed by atoms with Crippen molar-refractivity contribution in [3.63, 3.8) is 0 Å². The number of fused-ring (bicyclic) bond motifs is 9. The first-order valence-corrected chi connectivity index (χ1v) is 36.4. The third kappa shape index (κ3) is 12.9. The van der Waals surface area contributed by atoms with Gasteiger partial charge < -0.3 is 0 Å². The van der Waals surface area contributed by atoms with E-state index in [1.54, 1.807) is 0 Å². The molecule has 5 nitrogen and oxygen atoms in total. The second kappa shape index (κ2) is 28.5. The van der Waals surface area contributed by atoms with E-state index in [0.29, 0.717) is 5.78 Å². The lowest BCUT2D eigenvalue weighted by Gasteiger charge is -2.14. The Morgan fingerprint density at radius 2 is 0.592 bits per heavy atom. The third-order valence-electron chi connectivity index (χ3n) is 21.9. The van der Waals surface area contributed by atoms with Gasteiger partial charge in [0, 0.05) is 57.4 Å². The van der Waals surface area contributed by atoms with Gasteiger partial charge in [-0.1, -0.05) is 302 Å². The molecule has 5 unspecified atom stereocenters. The first-order chi connectivity index (χ1) is 50.1. The smallest absolute Gasteiger partial charge is 0.166 e. The molecule has 0 N–H and O–H groups in total. The fourth-order valence-electron chi connectivity index (χ4n) is 16.5. The number of Topliss-reactive ketones (excluding diaryl/α,β-unsaturated/α-hetero) is 5. The van der Waals surface area contributed by atoms with Crippen LogP contribution in [0.2, 0.25) is 0 Å². The van der Waals surface area contributed by atoms with Crippen LogP contribution in [0.1, 0.15) is 125 Å². The van der Waals surface area contributed by atoms with Gasteiger partial charge in [-0.3, -0.25) is 24.0 Å². The summed E-state index contributed by atoms with van der Waals surface area (Å²) in [5, 5.41) is 9.83. The molecule has 0 aromatic heterocycles. The summed E-state index contributed by atoms with van der Waals surface area (Å²) in [7, 11) is 0. The maximum Gasteiger partial charge on any atom is 0.166 e. The Kier molecular flexibility index (Phi) is 18.6. The summed E-state index contributed by atoms with van der Waals surface area (Å²) in [5.74, 6) is 2.02. The Morgan fingerprint density at radius 1 is 0.214 bits per heavy atom. The van der Waals surface area contributed by atoms with Gasteiger partial charge in [0.1, 0.15) is 0 Å². The van der Waals surface area contributed by atoms with Crippen LogP contribution in [0.3, 0.4) is 0 Å². The van der Waals surface area contributed by atoms with Crippen LogP contribution in [-0.2, 0) is 32.1 Å². The van der Waals surface area contributed by atoms with E-state index in [4.69, 9.17) is 0 Å². The molecule has 0 bridgehead atoms. The molecule has 5 aliphatic rings. The van der Waals surface area contributed by atoms with E-state index in [-0.39, 0.29) is 52.7 Å². The van der Waals surface area contributed by atoms with Crippen molar-refractivity contribution in [1.29, 1.82) is 0 Å². The molecule has 5 aliphatic carbocycles. The number of hydrogen-bond donors (Lipinski definition) is 0. The van der Waals surface area contributed by atoms with E-state index in [1.807, 2.05) is 65.0 Å². The van der Waals surface area contributed by atoms with Crippen molar-refractivity contribution >= 4 is 72.0 Å². The number of rotatable bonds is 5. The highest BCUT2D eigenvalue weighted by Gasteiger charge is 2.34. The van der Waals surface area contributed by atoms with Crippen LogP contribution in [0.4, 0.5) is 0 Å². The number of carbonyl (C=O) groups is 5. The number of benzene rings is 14. The molecule has 0 saturated carbocycles. The van der Waals surface area contributed by atoms with Crippen molar-refractivity contribution in [2.75, 3.05) is 0 Å². The fourth-order valence-corrected chi connectivity index (χ4v) is 16.5. The number of ketones is 5. The maximum absolute atomic E-state index is 12.6. The zero-order valence-electron chi connectivity index (χ0n) is 59.5. The lowest BCUT2D eigenvalue weighted by molar-refractivity contribution is 0.0939. The van der Waals surface area contributed by atoms with Crippen LogP contribution in [0.5, 0.6) is 0 Å². The maximum atomic E-state index is 12.6. The first-order valence-electron chi connectivity index (χ1n) is 36.4. The highest BCUT2D eigenvalue weighted by atomic mass is 16.1. The van der Waals surface area contributed by atoms with Gasteiger partial charge in [0.05, 0.1) is 0 Å². The molecular formula is C98H82O5. The summed E-state index contributed by atoms with van der Waals surface area (Å²) >= 11 is 0. The molecule has 0 saturated heterocycles. The fraction of sp³-hybridized carbons (Fsp3) is 0.173. The predicted molar refractivity (Wildman–Crippen MR) is 425 cm³/mol. The summed E-state index contributed by atoms with van der Waals surface area (Å²) in [6.07, 6.45) is 4.37.